The molecule has 1 aliphatic rings. The third kappa shape index (κ3) is 5.20. The highest BCUT2D eigenvalue weighted by Gasteiger charge is 2.32. The maximum absolute atomic E-state index is 12.1. The van der Waals surface area contributed by atoms with Crippen molar-refractivity contribution in [1.82, 2.24) is 15.4 Å². The van der Waals surface area contributed by atoms with E-state index in [1.807, 2.05) is 18.7 Å². The third-order valence-electron chi connectivity index (χ3n) is 4.21. The molecule has 0 bridgehead atoms. The van der Waals surface area contributed by atoms with E-state index < -0.39 is 37.1 Å². The Labute approximate surface area is 138 Å². The number of piperidine rings is 1. The maximum Gasteiger partial charge on any atom is 0.389 e. The summed E-state index contributed by atoms with van der Waals surface area (Å²) >= 11 is 0. The molecule has 0 unspecified atom stereocenters. The second kappa shape index (κ2) is 7.52. The van der Waals surface area contributed by atoms with Crippen LogP contribution in [0, 0.1) is 13.8 Å². The van der Waals surface area contributed by atoms with Gasteiger partial charge in [0.25, 0.3) is 0 Å². The minimum Gasteiger partial charge on any atom is -0.390 e. The van der Waals surface area contributed by atoms with Gasteiger partial charge in [-0.2, -0.15) is 13.2 Å². The summed E-state index contributed by atoms with van der Waals surface area (Å²) in [6.07, 6.45) is -6.47. The molecule has 0 radical (unpaired) electrons. The van der Waals surface area contributed by atoms with Gasteiger partial charge in [0.15, 0.2) is 0 Å². The molecule has 2 atom stereocenters. The lowest BCUT2D eigenvalue weighted by Gasteiger charge is -2.36. The van der Waals surface area contributed by atoms with Gasteiger partial charge in [0.2, 0.25) is 5.91 Å². The minimum atomic E-state index is -4.35. The molecule has 1 aliphatic heterocycles. The Morgan fingerprint density at radius 3 is 2.71 bits per heavy atom. The number of aliphatic hydroxyl groups excluding tert-OH is 1. The molecule has 9 heteroatoms. The molecule has 1 fully saturated rings. The predicted octanol–water partition coefficient (Wildman–Crippen LogP) is 1.69. The van der Waals surface area contributed by atoms with Crippen molar-refractivity contribution in [2.45, 2.75) is 58.0 Å². The zero-order valence-corrected chi connectivity index (χ0v) is 13.7. The molecule has 2 heterocycles. The van der Waals surface area contributed by atoms with Crippen LogP contribution in [0.4, 0.5) is 13.2 Å². The summed E-state index contributed by atoms with van der Waals surface area (Å²) in [5.41, 5.74) is 1.76. The summed E-state index contributed by atoms with van der Waals surface area (Å²) in [5.74, 6) is 0.0418. The average Bonchev–Trinajstić information content (AvgIpc) is 2.79. The van der Waals surface area contributed by atoms with Crippen molar-refractivity contribution in [2.75, 3.05) is 13.1 Å². The van der Waals surface area contributed by atoms with E-state index in [0.29, 0.717) is 26.1 Å². The second-order valence-corrected chi connectivity index (χ2v) is 6.18. The molecule has 1 aromatic rings. The number of amides is 1. The lowest BCUT2D eigenvalue weighted by atomic mass is 10.0. The van der Waals surface area contributed by atoms with Gasteiger partial charge in [0.1, 0.15) is 5.76 Å². The van der Waals surface area contributed by atoms with E-state index in [-0.39, 0.29) is 0 Å². The van der Waals surface area contributed by atoms with Gasteiger partial charge in [0.05, 0.1) is 24.3 Å². The molecule has 2 N–H and O–H groups in total. The van der Waals surface area contributed by atoms with Crippen LogP contribution in [0.5, 0.6) is 0 Å². The molecule has 0 aromatic carbocycles. The number of likely N-dealkylation sites (tertiary alicyclic amines) is 1. The molecule has 1 amide bonds. The first kappa shape index (κ1) is 18.7. The topological polar surface area (TPSA) is 78.6 Å². The quantitative estimate of drug-likeness (QED) is 0.846. The van der Waals surface area contributed by atoms with Gasteiger partial charge in [0, 0.05) is 31.6 Å². The predicted molar refractivity (Wildman–Crippen MR) is 79.1 cm³/mol. The normalized spacial score (nSPS) is 22.6. The van der Waals surface area contributed by atoms with Crippen LogP contribution >= 0.6 is 0 Å². The van der Waals surface area contributed by atoms with Crippen LogP contribution < -0.4 is 5.32 Å². The Kier molecular flexibility index (Phi) is 5.87. The summed E-state index contributed by atoms with van der Waals surface area (Å²) in [5, 5.41) is 16.5. The van der Waals surface area contributed by atoms with Gasteiger partial charge >= 0.3 is 6.18 Å². The molecule has 1 saturated heterocycles. The summed E-state index contributed by atoms with van der Waals surface area (Å²) in [4.78, 5) is 13.6. The van der Waals surface area contributed by atoms with E-state index in [9.17, 15) is 23.1 Å². The SMILES string of the molecule is Cc1noc(C)c1CN1CC[C@@H](NC(=O)CCC(F)(F)F)[C@H](O)C1. The number of nitrogens with zero attached hydrogens (tertiary/aromatic N) is 2. The number of aryl methyl sites for hydroxylation is 2. The van der Waals surface area contributed by atoms with Gasteiger partial charge in [-0.1, -0.05) is 5.16 Å². The highest BCUT2D eigenvalue weighted by molar-refractivity contribution is 5.76. The molecular weight excluding hydrogens is 327 g/mol. The Balaban J connectivity index is 1.81. The van der Waals surface area contributed by atoms with Crippen molar-refractivity contribution in [3.63, 3.8) is 0 Å². The van der Waals surface area contributed by atoms with Crippen LogP contribution in [0.1, 0.15) is 36.3 Å². The van der Waals surface area contributed by atoms with Crippen LogP contribution in [-0.4, -0.2) is 52.5 Å². The lowest BCUT2D eigenvalue weighted by Crippen LogP contribution is -2.53. The van der Waals surface area contributed by atoms with Crippen LogP contribution in [0.25, 0.3) is 0 Å². The number of carbonyl (C=O) groups is 1. The second-order valence-electron chi connectivity index (χ2n) is 6.18. The third-order valence-corrected chi connectivity index (χ3v) is 4.21. The highest BCUT2D eigenvalue weighted by Crippen LogP contribution is 2.22. The van der Waals surface area contributed by atoms with Gasteiger partial charge in [-0.15, -0.1) is 0 Å². The summed E-state index contributed by atoms with van der Waals surface area (Å²) in [6.45, 7) is 5.18. The van der Waals surface area contributed by atoms with E-state index in [1.165, 1.54) is 0 Å². The zero-order valence-electron chi connectivity index (χ0n) is 13.7. The fourth-order valence-electron chi connectivity index (χ4n) is 2.79. The standard InChI is InChI=1S/C15H22F3N3O3/c1-9-11(10(2)24-20-9)7-21-6-4-12(13(22)8-21)19-14(23)3-5-15(16,17)18/h12-13,22H,3-8H2,1-2H3,(H,19,23)/t12-,13-/m1/s1. The molecule has 1 aromatic heterocycles. The Morgan fingerprint density at radius 1 is 1.46 bits per heavy atom. The first-order chi connectivity index (χ1) is 11.2. The van der Waals surface area contributed by atoms with Gasteiger partial charge < -0.3 is 14.9 Å². The number of hydrogen-bond acceptors (Lipinski definition) is 5. The number of nitrogens with one attached hydrogen (secondary N) is 1. The summed E-state index contributed by atoms with van der Waals surface area (Å²) in [7, 11) is 0. The van der Waals surface area contributed by atoms with Gasteiger partial charge in [-0.05, 0) is 20.3 Å². The fourth-order valence-corrected chi connectivity index (χ4v) is 2.79. The van der Waals surface area contributed by atoms with Crippen molar-refractivity contribution >= 4 is 5.91 Å². The molecule has 2 rings (SSSR count). The molecule has 0 aliphatic carbocycles. The average molecular weight is 349 g/mol. The van der Waals surface area contributed by atoms with Crippen LogP contribution in [0.3, 0.4) is 0 Å². The van der Waals surface area contributed by atoms with Crippen LogP contribution in [-0.2, 0) is 11.3 Å². The molecule has 24 heavy (non-hydrogen) atoms. The maximum atomic E-state index is 12.1. The largest absolute Gasteiger partial charge is 0.390 e. The molecular formula is C15H22F3N3O3. The number of carbonyl (C=O) groups excluding carboxylic acids is 1. The smallest absolute Gasteiger partial charge is 0.389 e. The van der Waals surface area contributed by atoms with E-state index in [4.69, 9.17) is 4.52 Å². The highest BCUT2D eigenvalue weighted by atomic mass is 19.4. The molecule has 0 saturated carbocycles. The van der Waals surface area contributed by atoms with E-state index in [2.05, 4.69) is 10.5 Å². The number of aromatic nitrogens is 1. The number of hydrogen-bond donors (Lipinski definition) is 2. The lowest BCUT2D eigenvalue weighted by molar-refractivity contribution is -0.145. The summed E-state index contributed by atoms with van der Waals surface area (Å²) in [6, 6.07) is -0.522. The van der Waals surface area contributed by atoms with Crippen LogP contribution in [0.15, 0.2) is 4.52 Å². The van der Waals surface area contributed by atoms with E-state index in [0.717, 1.165) is 17.0 Å². The van der Waals surface area contributed by atoms with E-state index >= 15 is 0 Å². The Morgan fingerprint density at radius 2 is 2.17 bits per heavy atom. The number of β-amino-alcohol motifs (C(OH)–C–C–N with tert-alkyl or cyclic N) is 1. The molecule has 0 spiro atoms. The van der Waals surface area contributed by atoms with Crippen LogP contribution in [0.2, 0.25) is 0 Å². The summed E-state index contributed by atoms with van der Waals surface area (Å²) < 4.78 is 41.5. The van der Waals surface area contributed by atoms with Crippen molar-refractivity contribution in [3.05, 3.63) is 17.0 Å². The zero-order chi connectivity index (χ0) is 17.9. The van der Waals surface area contributed by atoms with Gasteiger partial charge in [-0.3, -0.25) is 9.69 Å². The minimum absolute atomic E-state index is 0.328. The fraction of sp³-hybridized carbons (Fsp3) is 0.733. The number of aliphatic hydroxyl groups is 1. The first-order valence-electron chi connectivity index (χ1n) is 7.84. The number of alkyl halides is 3. The Bertz CT molecular complexity index is 555. The van der Waals surface area contributed by atoms with Crippen molar-refractivity contribution < 1.29 is 27.6 Å². The van der Waals surface area contributed by atoms with E-state index in [1.54, 1.807) is 0 Å². The Hall–Kier alpha value is -1.61. The first-order valence-corrected chi connectivity index (χ1v) is 7.84. The molecule has 6 nitrogen and oxygen atoms in total. The number of rotatable bonds is 5. The van der Waals surface area contributed by atoms with Crippen molar-refractivity contribution in [1.29, 1.82) is 0 Å². The monoisotopic (exact) mass is 349 g/mol. The molecule has 136 valence electrons. The van der Waals surface area contributed by atoms with Crippen molar-refractivity contribution in [2.24, 2.45) is 0 Å². The van der Waals surface area contributed by atoms with Gasteiger partial charge in [-0.25, -0.2) is 0 Å². The number of halogens is 3. The van der Waals surface area contributed by atoms with Crippen molar-refractivity contribution in [3.8, 4) is 0 Å².